The number of nitrogens with one attached hydrogen (secondary N) is 2. The van der Waals surface area contributed by atoms with Gasteiger partial charge in [0.2, 0.25) is 5.91 Å². The molecule has 12 heavy (non-hydrogen) atoms. The van der Waals surface area contributed by atoms with Crippen LogP contribution in [0.4, 0.5) is 0 Å². The maximum absolute atomic E-state index is 11.2. The summed E-state index contributed by atoms with van der Waals surface area (Å²) >= 11 is 1.97. The van der Waals surface area contributed by atoms with E-state index in [-0.39, 0.29) is 17.5 Å². The first-order valence-electron chi connectivity index (χ1n) is 4.35. The van der Waals surface area contributed by atoms with Gasteiger partial charge < -0.3 is 5.32 Å². The van der Waals surface area contributed by atoms with Gasteiger partial charge in [-0.3, -0.25) is 10.1 Å². The Morgan fingerprint density at radius 3 is 3.08 bits per heavy atom. The third-order valence-electron chi connectivity index (χ3n) is 2.62. The number of thioether (sulfide) groups is 1. The first-order valence-corrected chi connectivity index (χ1v) is 5.51. The van der Waals surface area contributed by atoms with Gasteiger partial charge in [-0.1, -0.05) is 0 Å². The summed E-state index contributed by atoms with van der Waals surface area (Å²) in [4.78, 5) is 11.2. The van der Waals surface area contributed by atoms with Crippen molar-refractivity contribution in [2.75, 3.05) is 18.1 Å². The van der Waals surface area contributed by atoms with Crippen molar-refractivity contribution >= 4 is 17.7 Å². The predicted octanol–water partition coefficient (Wildman–Crippen LogP) is -0.0300. The minimum atomic E-state index is -0.0163. The van der Waals surface area contributed by atoms with E-state index in [0.29, 0.717) is 0 Å². The summed E-state index contributed by atoms with van der Waals surface area (Å²) in [5.41, 5.74) is 0.206. The fourth-order valence-corrected chi connectivity index (χ4v) is 3.25. The van der Waals surface area contributed by atoms with E-state index >= 15 is 0 Å². The Kier molecular flexibility index (Phi) is 2.04. The van der Waals surface area contributed by atoms with Crippen LogP contribution in [-0.2, 0) is 4.79 Å². The molecule has 0 aromatic carbocycles. The Labute approximate surface area is 76.7 Å². The van der Waals surface area contributed by atoms with Gasteiger partial charge in [-0.15, -0.1) is 0 Å². The van der Waals surface area contributed by atoms with E-state index in [0.717, 1.165) is 12.3 Å². The maximum Gasteiger partial charge on any atom is 0.236 e. The van der Waals surface area contributed by atoms with Crippen molar-refractivity contribution in [2.24, 2.45) is 0 Å². The molecule has 0 bridgehead atoms. The molecule has 2 fully saturated rings. The summed E-state index contributed by atoms with van der Waals surface area (Å²) in [7, 11) is 0. The number of hydrogen-bond donors (Lipinski definition) is 2. The van der Waals surface area contributed by atoms with Gasteiger partial charge in [0.25, 0.3) is 0 Å². The van der Waals surface area contributed by atoms with Crippen LogP contribution in [-0.4, -0.2) is 35.5 Å². The summed E-state index contributed by atoms with van der Waals surface area (Å²) in [6.45, 7) is 2.74. The topological polar surface area (TPSA) is 41.1 Å². The van der Waals surface area contributed by atoms with Crippen LogP contribution < -0.4 is 10.6 Å². The van der Waals surface area contributed by atoms with E-state index in [1.807, 2.05) is 18.7 Å². The van der Waals surface area contributed by atoms with Crippen LogP contribution in [0.3, 0.4) is 0 Å². The zero-order chi connectivity index (χ0) is 8.60. The molecule has 4 heteroatoms. The Morgan fingerprint density at radius 1 is 1.67 bits per heavy atom. The summed E-state index contributed by atoms with van der Waals surface area (Å²) in [6.07, 6.45) is 1.18. The summed E-state index contributed by atoms with van der Waals surface area (Å²) in [5.74, 6) is 2.49. The summed E-state index contributed by atoms with van der Waals surface area (Å²) in [6, 6.07) is -0.0163. The maximum atomic E-state index is 11.2. The number of carbonyl (C=O) groups is 1. The molecule has 2 saturated heterocycles. The van der Waals surface area contributed by atoms with E-state index < -0.39 is 0 Å². The molecule has 0 aliphatic carbocycles. The molecule has 1 amide bonds. The van der Waals surface area contributed by atoms with Gasteiger partial charge in [-0.25, -0.2) is 0 Å². The van der Waals surface area contributed by atoms with Gasteiger partial charge in [0, 0.05) is 17.8 Å². The van der Waals surface area contributed by atoms with Gasteiger partial charge >= 0.3 is 0 Å². The minimum Gasteiger partial charge on any atom is -0.353 e. The average molecular weight is 186 g/mol. The van der Waals surface area contributed by atoms with Crippen molar-refractivity contribution in [3.05, 3.63) is 0 Å². The van der Waals surface area contributed by atoms with Gasteiger partial charge in [-0.05, 0) is 19.1 Å². The van der Waals surface area contributed by atoms with E-state index in [2.05, 4.69) is 10.6 Å². The SMILES string of the molecule is CC1NC2(CCSC2)CNC1=O. The van der Waals surface area contributed by atoms with Crippen molar-refractivity contribution in [1.82, 2.24) is 10.6 Å². The van der Waals surface area contributed by atoms with E-state index in [9.17, 15) is 4.79 Å². The minimum absolute atomic E-state index is 0.0163. The zero-order valence-electron chi connectivity index (χ0n) is 7.22. The van der Waals surface area contributed by atoms with Crippen LogP contribution >= 0.6 is 11.8 Å². The van der Waals surface area contributed by atoms with Gasteiger partial charge in [0.15, 0.2) is 0 Å². The fraction of sp³-hybridized carbons (Fsp3) is 0.875. The zero-order valence-corrected chi connectivity index (χ0v) is 8.04. The lowest BCUT2D eigenvalue weighted by Gasteiger charge is -2.37. The van der Waals surface area contributed by atoms with Crippen LogP contribution in [0.2, 0.25) is 0 Å². The second kappa shape index (κ2) is 2.92. The first-order chi connectivity index (χ1) is 5.72. The average Bonchev–Trinajstić information content (AvgIpc) is 2.47. The molecule has 1 spiro atoms. The van der Waals surface area contributed by atoms with Gasteiger partial charge in [0.1, 0.15) is 0 Å². The highest BCUT2D eigenvalue weighted by Gasteiger charge is 2.40. The molecule has 2 N–H and O–H groups in total. The van der Waals surface area contributed by atoms with Crippen LogP contribution in [0.5, 0.6) is 0 Å². The molecular weight excluding hydrogens is 172 g/mol. The Hall–Kier alpha value is -0.220. The summed E-state index contributed by atoms with van der Waals surface area (Å²) < 4.78 is 0. The van der Waals surface area contributed by atoms with Gasteiger partial charge in [-0.2, -0.15) is 11.8 Å². The number of amides is 1. The number of carbonyl (C=O) groups excluding carboxylic acids is 1. The highest BCUT2D eigenvalue weighted by molar-refractivity contribution is 7.99. The third-order valence-corrected chi connectivity index (χ3v) is 3.87. The monoisotopic (exact) mass is 186 g/mol. The van der Waals surface area contributed by atoms with Crippen LogP contribution in [0, 0.1) is 0 Å². The normalized spacial score (nSPS) is 41.8. The second-order valence-electron chi connectivity index (χ2n) is 3.67. The van der Waals surface area contributed by atoms with E-state index in [4.69, 9.17) is 0 Å². The van der Waals surface area contributed by atoms with Crippen molar-refractivity contribution in [3.63, 3.8) is 0 Å². The predicted molar refractivity (Wildman–Crippen MR) is 50.3 cm³/mol. The van der Waals surface area contributed by atoms with Gasteiger partial charge in [0.05, 0.1) is 6.04 Å². The number of piperazine rings is 1. The summed E-state index contributed by atoms with van der Waals surface area (Å²) in [5, 5.41) is 6.36. The van der Waals surface area contributed by atoms with Crippen LogP contribution in [0.1, 0.15) is 13.3 Å². The van der Waals surface area contributed by atoms with E-state index in [1.54, 1.807) is 0 Å². The van der Waals surface area contributed by atoms with Crippen molar-refractivity contribution < 1.29 is 4.79 Å². The lowest BCUT2D eigenvalue weighted by Crippen LogP contribution is -2.65. The third kappa shape index (κ3) is 1.33. The number of rotatable bonds is 0. The molecule has 2 rings (SSSR count). The van der Waals surface area contributed by atoms with Crippen molar-refractivity contribution in [3.8, 4) is 0 Å². The molecule has 0 radical (unpaired) electrons. The lowest BCUT2D eigenvalue weighted by molar-refractivity contribution is -0.125. The molecule has 2 aliphatic heterocycles. The van der Waals surface area contributed by atoms with Crippen LogP contribution in [0.25, 0.3) is 0 Å². The molecule has 0 aromatic heterocycles. The Morgan fingerprint density at radius 2 is 2.50 bits per heavy atom. The molecule has 2 atom stereocenters. The van der Waals surface area contributed by atoms with Crippen molar-refractivity contribution in [2.45, 2.75) is 24.9 Å². The molecule has 2 heterocycles. The molecular formula is C8H14N2OS. The molecule has 0 saturated carbocycles. The smallest absolute Gasteiger partial charge is 0.236 e. The van der Waals surface area contributed by atoms with E-state index in [1.165, 1.54) is 12.2 Å². The Balaban J connectivity index is 2.05. The highest BCUT2D eigenvalue weighted by Crippen LogP contribution is 2.29. The quantitative estimate of drug-likeness (QED) is 0.558. The molecule has 2 aliphatic rings. The van der Waals surface area contributed by atoms with Crippen molar-refractivity contribution in [1.29, 1.82) is 0 Å². The Bertz CT molecular complexity index is 201. The molecule has 2 unspecified atom stereocenters. The highest BCUT2D eigenvalue weighted by atomic mass is 32.2. The van der Waals surface area contributed by atoms with Crippen LogP contribution in [0.15, 0.2) is 0 Å². The standard InChI is InChI=1S/C8H14N2OS/c1-6-7(11)9-4-8(10-6)2-3-12-5-8/h6,10H,2-5H2,1H3,(H,9,11). The second-order valence-corrected chi connectivity index (χ2v) is 4.77. The lowest BCUT2D eigenvalue weighted by atomic mass is 9.95. The molecule has 0 aromatic rings. The molecule has 3 nitrogen and oxygen atoms in total. The molecule has 68 valence electrons. The number of hydrogen-bond acceptors (Lipinski definition) is 3. The largest absolute Gasteiger partial charge is 0.353 e. The fourth-order valence-electron chi connectivity index (χ4n) is 1.85. The first kappa shape index (κ1) is 8.38.